The van der Waals surface area contributed by atoms with Crippen LogP contribution in [-0.4, -0.2) is 48.3 Å². The zero-order valence-electron chi connectivity index (χ0n) is 18.0. The van der Waals surface area contributed by atoms with Gasteiger partial charge in [-0.3, -0.25) is 9.88 Å². The van der Waals surface area contributed by atoms with Crippen LogP contribution >= 0.6 is 0 Å². The number of nitrogens with zero attached hydrogens (tertiary/aromatic N) is 3. The minimum Gasteiger partial charge on any atom is -0.497 e. The van der Waals surface area contributed by atoms with E-state index in [2.05, 4.69) is 16.0 Å². The smallest absolute Gasteiger partial charge is 0.146 e. The number of methoxy groups -OCH3 is 1. The summed E-state index contributed by atoms with van der Waals surface area (Å²) in [5.74, 6) is 0.539. The number of para-hydroxylation sites is 1. The molecule has 1 fully saturated rings. The molecule has 2 heterocycles. The van der Waals surface area contributed by atoms with Crippen molar-refractivity contribution in [2.45, 2.75) is 19.6 Å². The molecule has 0 radical (unpaired) electrons. The average Bonchev–Trinajstić information content (AvgIpc) is 2.79. The Labute approximate surface area is 182 Å². The number of hydrogen-bond acceptors (Lipinski definition) is 5. The van der Waals surface area contributed by atoms with E-state index in [1.165, 1.54) is 11.6 Å². The Morgan fingerprint density at radius 1 is 1.06 bits per heavy atom. The molecule has 1 N–H and O–H groups in total. The highest BCUT2D eigenvalue weighted by Crippen LogP contribution is 2.34. The lowest BCUT2D eigenvalue weighted by molar-refractivity contribution is 0.213. The van der Waals surface area contributed by atoms with E-state index >= 15 is 0 Å². The topological polar surface area (TPSA) is 48.8 Å². The van der Waals surface area contributed by atoms with E-state index in [1.54, 1.807) is 25.4 Å². The van der Waals surface area contributed by atoms with Crippen molar-refractivity contribution in [3.63, 3.8) is 0 Å². The molecule has 162 valence electrons. The van der Waals surface area contributed by atoms with Gasteiger partial charge >= 0.3 is 0 Å². The highest BCUT2D eigenvalue weighted by atomic mass is 19.1. The first-order chi connectivity index (χ1) is 15.1. The van der Waals surface area contributed by atoms with Gasteiger partial charge in [-0.1, -0.05) is 30.3 Å². The Morgan fingerprint density at radius 3 is 2.58 bits per heavy atom. The van der Waals surface area contributed by atoms with E-state index in [0.29, 0.717) is 30.0 Å². The van der Waals surface area contributed by atoms with Gasteiger partial charge in [-0.15, -0.1) is 0 Å². The quantitative estimate of drug-likeness (QED) is 0.653. The number of aryl methyl sites for hydroxylation is 1. The van der Waals surface area contributed by atoms with Gasteiger partial charge in [-0.05, 0) is 42.3 Å². The van der Waals surface area contributed by atoms with Crippen molar-refractivity contribution in [1.82, 2.24) is 9.88 Å². The van der Waals surface area contributed by atoms with E-state index in [1.807, 2.05) is 42.2 Å². The van der Waals surface area contributed by atoms with Gasteiger partial charge in [0.05, 0.1) is 18.5 Å². The molecule has 1 aliphatic heterocycles. The highest BCUT2D eigenvalue weighted by molar-refractivity contribution is 5.58. The third-order valence-electron chi connectivity index (χ3n) is 5.85. The maximum Gasteiger partial charge on any atom is 0.146 e. The number of pyridine rings is 1. The number of aromatic nitrogens is 1. The second-order valence-electron chi connectivity index (χ2n) is 7.90. The number of anilines is 1. The Morgan fingerprint density at radius 2 is 1.84 bits per heavy atom. The predicted molar refractivity (Wildman–Crippen MR) is 120 cm³/mol. The number of rotatable bonds is 6. The van der Waals surface area contributed by atoms with Crippen LogP contribution in [-0.2, 0) is 6.54 Å². The lowest BCUT2D eigenvalue weighted by Gasteiger charge is -2.37. The van der Waals surface area contributed by atoms with Gasteiger partial charge < -0.3 is 14.7 Å². The largest absolute Gasteiger partial charge is 0.497 e. The first-order valence-corrected chi connectivity index (χ1v) is 10.5. The molecule has 0 aliphatic carbocycles. The van der Waals surface area contributed by atoms with Crippen LogP contribution in [0.2, 0.25) is 0 Å². The minimum atomic E-state index is -0.971. The molecule has 0 bridgehead atoms. The van der Waals surface area contributed by atoms with Gasteiger partial charge in [0.2, 0.25) is 0 Å². The van der Waals surface area contributed by atoms with Crippen molar-refractivity contribution >= 4 is 5.69 Å². The molecule has 31 heavy (non-hydrogen) atoms. The maximum absolute atomic E-state index is 14.9. The summed E-state index contributed by atoms with van der Waals surface area (Å²) >= 11 is 0. The van der Waals surface area contributed by atoms with Crippen LogP contribution < -0.4 is 9.64 Å². The zero-order chi connectivity index (χ0) is 21.8. The lowest BCUT2D eigenvalue weighted by atomic mass is 9.99. The number of aliphatic hydroxyl groups excluding tert-OH is 1. The molecule has 3 aromatic rings. The Kier molecular flexibility index (Phi) is 6.49. The van der Waals surface area contributed by atoms with Crippen molar-refractivity contribution in [1.29, 1.82) is 0 Å². The molecular weight excluding hydrogens is 393 g/mol. The monoisotopic (exact) mass is 421 g/mol. The molecule has 1 aliphatic rings. The van der Waals surface area contributed by atoms with Gasteiger partial charge in [0, 0.05) is 44.5 Å². The molecule has 0 unspecified atom stereocenters. The summed E-state index contributed by atoms with van der Waals surface area (Å²) < 4.78 is 20.3. The second-order valence-corrected chi connectivity index (χ2v) is 7.90. The summed E-state index contributed by atoms with van der Waals surface area (Å²) in [5, 5.41) is 11.0. The van der Waals surface area contributed by atoms with Crippen LogP contribution in [0.4, 0.5) is 10.1 Å². The summed E-state index contributed by atoms with van der Waals surface area (Å²) in [5.41, 5.74) is 3.67. The Bertz CT molecular complexity index is 1030. The number of piperazine rings is 1. The fourth-order valence-electron chi connectivity index (χ4n) is 4.18. The van der Waals surface area contributed by atoms with Crippen molar-refractivity contribution in [3.05, 3.63) is 89.0 Å². The fraction of sp³-hybridized carbons (Fsp3) is 0.320. The molecule has 1 atom stereocenters. The number of hydrogen-bond donors (Lipinski definition) is 1. The summed E-state index contributed by atoms with van der Waals surface area (Å²) in [7, 11) is 1.67. The third-order valence-corrected chi connectivity index (χ3v) is 5.85. The minimum absolute atomic E-state index is 0.314. The third kappa shape index (κ3) is 4.70. The van der Waals surface area contributed by atoms with E-state index in [9.17, 15) is 9.50 Å². The summed E-state index contributed by atoms with van der Waals surface area (Å²) in [6, 6.07) is 16.7. The normalized spacial score (nSPS) is 15.7. The first kappa shape index (κ1) is 21.3. The molecule has 2 aromatic carbocycles. The number of aliphatic hydroxyl groups is 1. The van der Waals surface area contributed by atoms with Crippen LogP contribution in [0.3, 0.4) is 0 Å². The van der Waals surface area contributed by atoms with Gasteiger partial charge in [0.1, 0.15) is 17.7 Å². The number of ether oxygens (including phenoxy) is 1. The molecule has 5 nitrogen and oxygen atoms in total. The molecule has 1 saturated heterocycles. The molecule has 0 saturated carbocycles. The van der Waals surface area contributed by atoms with Crippen molar-refractivity contribution in [3.8, 4) is 5.75 Å². The van der Waals surface area contributed by atoms with Crippen LogP contribution in [0.5, 0.6) is 5.75 Å². The molecule has 0 amide bonds. The molecule has 4 rings (SSSR count). The Balaban J connectivity index is 1.50. The SMILES string of the molecule is COc1cccc(CN2CCN(c3c(F)cccc3[C@H](O)c3ncccc3C)CC2)c1. The second kappa shape index (κ2) is 9.45. The van der Waals surface area contributed by atoms with Crippen LogP contribution in [0.15, 0.2) is 60.8 Å². The van der Waals surface area contributed by atoms with Gasteiger partial charge in [0.15, 0.2) is 0 Å². The van der Waals surface area contributed by atoms with Crippen LogP contribution in [0.25, 0.3) is 0 Å². The first-order valence-electron chi connectivity index (χ1n) is 10.5. The number of halogens is 1. The molecule has 0 spiro atoms. The van der Waals surface area contributed by atoms with E-state index in [0.717, 1.165) is 30.9 Å². The van der Waals surface area contributed by atoms with E-state index in [-0.39, 0.29) is 5.82 Å². The standard InChI is InChI=1S/C25H28FN3O2/c1-18-6-5-11-27-23(18)25(30)21-9-4-10-22(26)24(21)29-14-12-28(13-15-29)17-19-7-3-8-20(16-19)31-2/h3-11,16,25,30H,12-15,17H2,1-2H3/t25-/m0/s1. The van der Waals surface area contributed by atoms with Gasteiger partial charge in [0.25, 0.3) is 0 Å². The van der Waals surface area contributed by atoms with E-state index in [4.69, 9.17) is 4.74 Å². The Hall–Kier alpha value is -2.96. The number of benzene rings is 2. The van der Waals surface area contributed by atoms with Crippen LogP contribution in [0.1, 0.15) is 28.5 Å². The van der Waals surface area contributed by atoms with Crippen molar-refractivity contribution in [2.24, 2.45) is 0 Å². The molecule has 6 heteroatoms. The molecule has 1 aromatic heterocycles. The van der Waals surface area contributed by atoms with Crippen molar-refractivity contribution in [2.75, 3.05) is 38.2 Å². The van der Waals surface area contributed by atoms with E-state index < -0.39 is 6.10 Å². The van der Waals surface area contributed by atoms with Crippen molar-refractivity contribution < 1.29 is 14.2 Å². The molecular formula is C25H28FN3O2. The fourth-order valence-corrected chi connectivity index (χ4v) is 4.18. The highest BCUT2D eigenvalue weighted by Gasteiger charge is 2.26. The average molecular weight is 422 g/mol. The predicted octanol–water partition coefficient (Wildman–Crippen LogP) is 3.94. The summed E-state index contributed by atoms with van der Waals surface area (Å²) in [4.78, 5) is 8.72. The summed E-state index contributed by atoms with van der Waals surface area (Å²) in [6.07, 6.45) is 0.684. The zero-order valence-corrected chi connectivity index (χ0v) is 18.0. The lowest BCUT2D eigenvalue weighted by Crippen LogP contribution is -2.46. The van der Waals surface area contributed by atoms with Crippen LogP contribution in [0, 0.1) is 12.7 Å². The van der Waals surface area contributed by atoms with Gasteiger partial charge in [-0.2, -0.15) is 0 Å². The maximum atomic E-state index is 14.9. The van der Waals surface area contributed by atoms with Gasteiger partial charge in [-0.25, -0.2) is 4.39 Å². The summed E-state index contributed by atoms with van der Waals surface area (Å²) in [6.45, 7) is 5.72.